The average Bonchev–Trinajstić information content (AvgIpc) is 3.41. The van der Waals surface area contributed by atoms with Gasteiger partial charge in [0.15, 0.2) is 0 Å². The number of ether oxygens (including phenoxy) is 1. The van der Waals surface area contributed by atoms with Gasteiger partial charge in [-0.2, -0.15) is 0 Å². The van der Waals surface area contributed by atoms with Crippen molar-refractivity contribution >= 4 is 50.4 Å². The SMILES string of the molecule is O=C(Nc1ccccc1N1CCOC1=O)c1cccc(NS(=O)(=O)c2cccs2)c1. The van der Waals surface area contributed by atoms with E-state index in [9.17, 15) is 18.0 Å². The van der Waals surface area contributed by atoms with Gasteiger partial charge in [0.05, 0.1) is 17.9 Å². The fraction of sp³-hybridized carbons (Fsp3) is 0.100. The first kappa shape index (κ1) is 19.9. The standard InChI is InChI=1S/C20H17N3O5S2/c24-19(21-16-7-1-2-8-17(16)23-10-11-28-20(23)25)14-5-3-6-15(13-14)22-30(26,27)18-9-4-12-29-18/h1-9,12-13,22H,10-11H2,(H,21,24). The lowest BCUT2D eigenvalue weighted by Crippen LogP contribution is -2.25. The molecule has 10 heteroatoms. The van der Waals surface area contributed by atoms with Gasteiger partial charge in [0, 0.05) is 11.3 Å². The van der Waals surface area contributed by atoms with Crippen molar-refractivity contribution in [1.82, 2.24) is 0 Å². The van der Waals surface area contributed by atoms with Gasteiger partial charge in [-0.05, 0) is 41.8 Å². The summed E-state index contributed by atoms with van der Waals surface area (Å²) in [4.78, 5) is 26.1. The Morgan fingerprint density at radius 3 is 2.63 bits per heavy atom. The molecule has 1 saturated heterocycles. The number of anilines is 3. The Hall–Kier alpha value is -3.37. The Morgan fingerprint density at radius 1 is 1.07 bits per heavy atom. The van der Waals surface area contributed by atoms with Gasteiger partial charge in [-0.1, -0.05) is 24.3 Å². The van der Waals surface area contributed by atoms with Crippen molar-refractivity contribution in [3.8, 4) is 0 Å². The van der Waals surface area contributed by atoms with Crippen LogP contribution in [-0.4, -0.2) is 33.6 Å². The normalized spacial score (nSPS) is 13.7. The van der Waals surface area contributed by atoms with E-state index in [2.05, 4.69) is 10.0 Å². The molecule has 2 aromatic carbocycles. The zero-order chi connectivity index (χ0) is 21.1. The van der Waals surface area contributed by atoms with Crippen molar-refractivity contribution in [2.45, 2.75) is 4.21 Å². The van der Waals surface area contributed by atoms with E-state index in [1.165, 1.54) is 17.0 Å². The fourth-order valence-corrected chi connectivity index (χ4v) is 5.01. The van der Waals surface area contributed by atoms with Crippen LogP contribution in [0.4, 0.5) is 21.9 Å². The number of carbonyl (C=O) groups is 2. The fourth-order valence-electron chi connectivity index (χ4n) is 2.97. The number of amides is 2. The smallest absolute Gasteiger partial charge is 0.414 e. The van der Waals surface area contributed by atoms with E-state index in [1.54, 1.807) is 53.9 Å². The van der Waals surface area contributed by atoms with Crippen LogP contribution in [0.15, 0.2) is 70.3 Å². The molecule has 0 unspecified atom stereocenters. The number of sulfonamides is 1. The molecule has 1 aromatic heterocycles. The number of cyclic esters (lactones) is 1. The molecule has 1 aliphatic rings. The quantitative estimate of drug-likeness (QED) is 0.604. The van der Waals surface area contributed by atoms with E-state index < -0.39 is 22.0 Å². The summed E-state index contributed by atoms with van der Waals surface area (Å²) in [7, 11) is -3.72. The summed E-state index contributed by atoms with van der Waals surface area (Å²) in [6, 6.07) is 16.2. The van der Waals surface area contributed by atoms with Crippen molar-refractivity contribution < 1.29 is 22.7 Å². The third-order valence-corrected chi connectivity index (χ3v) is 7.12. The van der Waals surface area contributed by atoms with Crippen molar-refractivity contribution in [2.75, 3.05) is 28.1 Å². The lowest BCUT2D eigenvalue weighted by Gasteiger charge is -2.17. The Morgan fingerprint density at radius 2 is 1.90 bits per heavy atom. The van der Waals surface area contributed by atoms with Gasteiger partial charge >= 0.3 is 6.09 Å². The maximum Gasteiger partial charge on any atom is 0.414 e. The van der Waals surface area contributed by atoms with Crippen LogP contribution in [-0.2, 0) is 14.8 Å². The van der Waals surface area contributed by atoms with E-state index in [0.717, 1.165) is 11.3 Å². The number of hydrogen-bond acceptors (Lipinski definition) is 6. The van der Waals surface area contributed by atoms with Gasteiger partial charge in [-0.25, -0.2) is 13.2 Å². The first-order valence-electron chi connectivity index (χ1n) is 8.95. The number of rotatable bonds is 6. The molecule has 0 spiro atoms. The number of nitrogens with one attached hydrogen (secondary N) is 2. The number of hydrogen-bond donors (Lipinski definition) is 2. The predicted octanol–water partition coefficient (Wildman–Crippen LogP) is 3.76. The first-order chi connectivity index (χ1) is 14.4. The van der Waals surface area contributed by atoms with E-state index in [-0.39, 0.29) is 22.1 Å². The number of para-hydroxylation sites is 2. The molecular weight excluding hydrogens is 426 g/mol. The minimum absolute atomic E-state index is 0.184. The zero-order valence-electron chi connectivity index (χ0n) is 15.6. The third kappa shape index (κ3) is 4.14. The first-order valence-corrected chi connectivity index (χ1v) is 11.3. The molecule has 0 atom stereocenters. The summed E-state index contributed by atoms with van der Waals surface area (Å²) in [5.41, 5.74) is 1.52. The predicted molar refractivity (Wildman–Crippen MR) is 115 cm³/mol. The molecule has 154 valence electrons. The Balaban J connectivity index is 1.54. The number of thiophene rings is 1. The van der Waals surface area contributed by atoms with Crippen LogP contribution in [0.25, 0.3) is 0 Å². The number of nitrogens with zero attached hydrogens (tertiary/aromatic N) is 1. The highest BCUT2D eigenvalue weighted by Crippen LogP contribution is 2.28. The van der Waals surface area contributed by atoms with Crippen molar-refractivity contribution in [2.24, 2.45) is 0 Å². The van der Waals surface area contributed by atoms with Crippen LogP contribution in [0.5, 0.6) is 0 Å². The molecule has 0 radical (unpaired) electrons. The number of carbonyl (C=O) groups excluding carboxylic acids is 2. The molecule has 1 fully saturated rings. The minimum atomic E-state index is -3.72. The highest BCUT2D eigenvalue weighted by molar-refractivity contribution is 7.94. The summed E-state index contributed by atoms with van der Waals surface area (Å²) in [5, 5.41) is 4.45. The van der Waals surface area contributed by atoms with Crippen LogP contribution in [0, 0.1) is 0 Å². The summed E-state index contributed by atoms with van der Waals surface area (Å²) in [6.45, 7) is 0.680. The van der Waals surface area contributed by atoms with E-state index in [4.69, 9.17) is 4.74 Å². The molecular formula is C20H17N3O5S2. The topological polar surface area (TPSA) is 105 Å². The summed E-state index contributed by atoms with van der Waals surface area (Å²) in [5.74, 6) is -0.438. The van der Waals surface area contributed by atoms with Crippen LogP contribution in [0.2, 0.25) is 0 Å². The third-order valence-electron chi connectivity index (χ3n) is 4.34. The van der Waals surface area contributed by atoms with Gasteiger partial charge in [0.1, 0.15) is 10.8 Å². The molecule has 2 N–H and O–H groups in total. The van der Waals surface area contributed by atoms with E-state index in [0.29, 0.717) is 17.9 Å². The molecule has 0 aliphatic carbocycles. The lowest BCUT2D eigenvalue weighted by atomic mass is 10.1. The average molecular weight is 444 g/mol. The monoisotopic (exact) mass is 443 g/mol. The van der Waals surface area contributed by atoms with Crippen molar-refractivity contribution in [3.05, 3.63) is 71.6 Å². The highest BCUT2D eigenvalue weighted by atomic mass is 32.2. The van der Waals surface area contributed by atoms with Crippen LogP contribution in [0.1, 0.15) is 10.4 Å². The molecule has 0 bridgehead atoms. The maximum absolute atomic E-state index is 12.8. The molecule has 8 nitrogen and oxygen atoms in total. The van der Waals surface area contributed by atoms with Gasteiger partial charge in [-0.3, -0.25) is 14.4 Å². The van der Waals surface area contributed by atoms with E-state index >= 15 is 0 Å². The van der Waals surface area contributed by atoms with Gasteiger partial charge in [0.25, 0.3) is 15.9 Å². The van der Waals surface area contributed by atoms with Crippen LogP contribution in [0.3, 0.4) is 0 Å². The van der Waals surface area contributed by atoms with Gasteiger partial charge in [-0.15, -0.1) is 11.3 Å². The summed E-state index contributed by atoms with van der Waals surface area (Å²) >= 11 is 1.10. The van der Waals surface area contributed by atoms with Crippen molar-refractivity contribution in [1.29, 1.82) is 0 Å². The largest absolute Gasteiger partial charge is 0.447 e. The molecule has 0 saturated carbocycles. The van der Waals surface area contributed by atoms with Crippen molar-refractivity contribution in [3.63, 3.8) is 0 Å². The molecule has 4 rings (SSSR count). The Kier molecular flexibility index (Phi) is 5.42. The Bertz CT molecular complexity index is 1190. The second-order valence-electron chi connectivity index (χ2n) is 6.36. The lowest BCUT2D eigenvalue weighted by molar-refractivity contribution is 0.102. The van der Waals surface area contributed by atoms with Crippen LogP contribution < -0.4 is 14.9 Å². The second-order valence-corrected chi connectivity index (χ2v) is 9.21. The molecule has 30 heavy (non-hydrogen) atoms. The van der Waals surface area contributed by atoms with E-state index in [1.807, 2.05) is 0 Å². The highest BCUT2D eigenvalue weighted by Gasteiger charge is 2.26. The number of benzene rings is 2. The summed E-state index contributed by atoms with van der Waals surface area (Å²) < 4.78 is 32.4. The van der Waals surface area contributed by atoms with Gasteiger partial charge in [0.2, 0.25) is 0 Å². The summed E-state index contributed by atoms with van der Waals surface area (Å²) in [6.07, 6.45) is -0.471. The second kappa shape index (κ2) is 8.17. The molecule has 2 heterocycles. The molecule has 2 amide bonds. The zero-order valence-corrected chi connectivity index (χ0v) is 17.2. The molecule has 1 aliphatic heterocycles. The van der Waals surface area contributed by atoms with Gasteiger partial charge < -0.3 is 10.1 Å². The molecule has 3 aromatic rings. The minimum Gasteiger partial charge on any atom is -0.447 e. The maximum atomic E-state index is 12.8. The Labute approximate surface area is 177 Å². The van der Waals surface area contributed by atoms with Crippen LogP contribution >= 0.6 is 11.3 Å².